The maximum Gasteiger partial charge on any atom is 0.279 e. The number of aryl methyl sites for hydroxylation is 1. The van der Waals surface area contributed by atoms with E-state index in [0.29, 0.717) is 5.69 Å². The molecule has 1 aromatic carbocycles. The Kier molecular flexibility index (Phi) is 4.18. The van der Waals surface area contributed by atoms with Crippen LogP contribution in [0.4, 0.5) is 0 Å². The Morgan fingerprint density at radius 3 is 2.75 bits per heavy atom. The van der Waals surface area contributed by atoms with E-state index in [0.717, 1.165) is 10.0 Å². The average Bonchev–Trinajstić information content (AvgIpc) is 2.64. The molecule has 0 aliphatic rings. The van der Waals surface area contributed by atoms with Crippen molar-refractivity contribution in [3.8, 4) is 6.07 Å². The first-order valence-electron chi connectivity index (χ1n) is 5.49. The minimum Gasteiger partial charge on any atom is -0.247 e. The van der Waals surface area contributed by atoms with Crippen LogP contribution in [0.15, 0.2) is 33.8 Å². The Morgan fingerprint density at radius 1 is 1.50 bits per heavy atom. The Bertz CT molecular complexity index is 809. The van der Waals surface area contributed by atoms with E-state index < -0.39 is 9.05 Å². The first-order valence-corrected chi connectivity index (χ1v) is 8.60. The number of nitriles is 1. The SMILES string of the molecule is Cc1nn(Cc2cccc(Br)c2)c(S(=O)(=O)Cl)c1C#N. The number of benzene rings is 1. The Hall–Kier alpha value is -1.36. The van der Waals surface area contributed by atoms with Crippen LogP contribution in [0.1, 0.15) is 16.8 Å². The van der Waals surface area contributed by atoms with E-state index in [9.17, 15) is 8.42 Å². The second-order valence-corrected chi connectivity index (χ2v) is 7.50. The first kappa shape index (κ1) is 15.0. The fraction of sp³-hybridized carbons (Fsp3) is 0.167. The third kappa shape index (κ3) is 3.03. The number of nitrogens with zero attached hydrogens (tertiary/aromatic N) is 3. The van der Waals surface area contributed by atoms with Gasteiger partial charge in [0.05, 0.1) is 12.2 Å². The van der Waals surface area contributed by atoms with Crippen LogP contribution in [0.2, 0.25) is 0 Å². The van der Waals surface area contributed by atoms with Gasteiger partial charge in [-0.1, -0.05) is 28.1 Å². The van der Waals surface area contributed by atoms with Gasteiger partial charge in [-0.3, -0.25) is 0 Å². The fourth-order valence-corrected chi connectivity index (χ4v) is 3.56. The highest BCUT2D eigenvalue weighted by atomic mass is 79.9. The molecule has 0 radical (unpaired) electrons. The van der Waals surface area contributed by atoms with Crippen LogP contribution in [0.25, 0.3) is 0 Å². The minimum absolute atomic E-state index is 0.0185. The van der Waals surface area contributed by atoms with Crippen molar-refractivity contribution in [1.29, 1.82) is 5.26 Å². The molecule has 0 atom stereocenters. The van der Waals surface area contributed by atoms with Gasteiger partial charge < -0.3 is 0 Å². The van der Waals surface area contributed by atoms with Crippen LogP contribution in [0, 0.1) is 18.3 Å². The van der Waals surface area contributed by atoms with E-state index in [2.05, 4.69) is 21.0 Å². The van der Waals surface area contributed by atoms with Crippen molar-refractivity contribution in [3.63, 3.8) is 0 Å². The summed E-state index contributed by atoms with van der Waals surface area (Å²) in [5, 5.41) is 12.9. The van der Waals surface area contributed by atoms with Gasteiger partial charge in [-0.15, -0.1) is 0 Å². The average molecular weight is 375 g/mol. The molecule has 2 rings (SSSR count). The molecule has 0 fully saturated rings. The van der Waals surface area contributed by atoms with E-state index in [1.807, 2.05) is 30.3 Å². The lowest BCUT2D eigenvalue weighted by Crippen LogP contribution is -2.09. The second-order valence-electron chi connectivity index (χ2n) is 4.10. The molecule has 0 unspecified atom stereocenters. The fourth-order valence-electron chi connectivity index (χ4n) is 1.85. The highest BCUT2D eigenvalue weighted by molar-refractivity contribution is 9.10. The summed E-state index contributed by atoms with van der Waals surface area (Å²) in [6, 6.07) is 9.19. The summed E-state index contributed by atoms with van der Waals surface area (Å²) in [6.07, 6.45) is 0. The largest absolute Gasteiger partial charge is 0.279 e. The predicted octanol–water partition coefficient (Wildman–Crippen LogP) is 2.80. The van der Waals surface area contributed by atoms with Crippen molar-refractivity contribution in [2.75, 3.05) is 0 Å². The van der Waals surface area contributed by atoms with Crippen LogP contribution in [-0.4, -0.2) is 18.2 Å². The molecule has 104 valence electrons. The zero-order chi connectivity index (χ0) is 14.9. The number of hydrogen-bond acceptors (Lipinski definition) is 4. The van der Waals surface area contributed by atoms with E-state index in [1.165, 1.54) is 4.68 Å². The molecular formula is C12H9BrClN3O2S. The molecule has 0 bridgehead atoms. The van der Waals surface area contributed by atoms with Crippen molar-refractivity contribution in [2.24, 2.45) is 0 Å². The van der Waals surface area contributed by atoms with Crippen LogP contribution in [0.5, 0.6) is 0 Å². The number of rotatable bonds is 3. The van der Waals surface area contributed by atoms with Crippen molar-refractivity contribution in [2.45, 2.75) is 18.5 Å². The van der Waals surface area contributed by atoms with Gasteiger partial charge in [-0.05, 0) is 24.6 Å². The quantitative estimate of drug-likeness (QED) is 0.774. The van der Waals surface area contributed by atoms with Crippen LogP contribution in [0.3, 0.4) is 0 Å². The summed E-state index contributed by atoms with van der Waals surface area (Å²) in [5.41, 5.74) is 1.16. The molecule has 2 aromatic rings. The van der Waals surface area contributed by atoms with Gasteiger partial charge in [0, 0.05) is 15.2 Å². The normalized spacial score (nSPS) is 11.3. The minimum atomic E-state index is -4.05. The lowest BCUT2D eigenvalue weighted by atomic mass is 10.2. The molecule has 0 aliphatic heterocycles. The highest BCUT2D eigenvalue weighted by Crippen LogP contribution is 2.23. The summed E-state index contributed by atoms with van der Waals surface area (Å²) >= 11 is 3.34. The molecule has 5 nitrogen and oxygen atoms in total. The van der Waals surface area contributed by atoms with Crippen LogP contribution < -0.4 is 0 Å². The molecule has 0 N–H and O–H groups in total. The molecule has 8 heteroatoms. The summed E-state index contributed by atoms with van der Waals surface area (Å²) in [5.74, 6) is 0. The molecule has 0 spiro atoms. The second kappa shape index (κ2) is 5.56. The topological polar surface area (TPSA) is 75.8 Å². The van der Waals surface area contributed by atoms with Gasteiger partial charge in [0.1, 0.15) is 11.6 Å². The van der Waals surface area contributed by atoms with Gasteiger partial charge in [0.15, 0.2) is 5.03 Å². The lowest BCUT2D eigenvalue weighted by Gasteiger charge is -2.06. The Balaban J connectivity index is 2.56. The number of hydrogen-bond donors (Lipinski definition) is 0. The number of aromatic nitrogens is 2. The molecule has 20 heavy (non-hydrogen) atoms. The highest BCUT2D eigenvalue weighted by Gasteiger charge is 2.25. The lowest BCUT2D eigenvalue weighted by molar-refractivity contribution is 0.572. The molecule has 0 aliphatic carbocycles. The van der Waals surface area contributed by atoms with Gasteiger partial charge >= 0.3 is 0 Å². The summed E-state index contributed by atoms with van der Waals surface area (Å²) in [7, 11) is 1.36. The summed E-state index contributed by atoms with van der Waals surface area (Å²) < 4.78 is 25.4. The molecular weight excluding hydrogens is 366 g/mol. The van der Waals surface area contributed by atoms with E-state index >= 15 is 0 Å². The summed E-state index contributed by atoms with van der Waals surface area (Å²) in [6.45, 7) is 1.78. The zero-order valence-corrected chi connectivity index (χ0v) is 13.5. The van der Waals surface area contributed by atoms with Crippen LogP contribution in [-0.2, 0) is 15.6 Å². The van der Waals surface area contributed by atoms with Gasteiger partial charge in [-0.25, -0.2) is 13.1 Å². The smallest absolute Gasteiger partial charge is 0.247 e. The molecule has 1 aromatic heterocycles. The van der Waals surface area contributed by atoms with Crippen molar-refractivity contribution < 1.29 is 8.42 Å². The van der Waals surface area contributed by atoms with E-state index in [4.69, 9.17) is 15.9 Å². The predicted molar refractivity (Wildman–Crippen MR) is 78.0 cm³/mol. The van der Waals surface area contributed by atoms with Gasteiger partial charge in [0.2, 0.25) is 0 Å². The maximum atomic E-state index is 11.6. The summed E-state index contributed by atoms with van der Waals surface area (Å²) in [4.78, 5) is 0. The van der Waals surface area contributed by atoms with Gasteiger partial charge in [-0.2, -0.15) is 10.4 Å². The van der Waals surface area contributed by atoms with Gasteiger partial charge in [0.25, 0.3) is 9.05 Å². The van der Waals surface area contributed by atoms with E-state index in [-0.39, 0.29) is 17.1 Å². The first-order chi connectivity index (χ1) is 9.32. The molecule has 0 saturated heterocycles. The van der Waals surface area contributed by atoms with Crippen LogP contribution >= 0.6 is 26.6 Å². The number of halogens is 2. The van der Waals surface area contributed by atoms with Crippen molar-refractivity contribution >= 4 is 35.7 Å². The monoisotopic (exact) mass is 373 g/mol. The van der Waals surface area contributed by atoms with E-state index in [1.54, 1.807) is 6.92 Å². The standard InChI is InChI=1S/C12H9BrClN3O2S/c1-8-11(6-15)12(20(14,18)19)17(16-8)7-9-3-2-4-10(13)5-9/h2-5H,7H2,1H3. The Labute approximate surface area is 129 Å². The Morgan fingerprint density at radius 2 is 2.20 bits per heavy atom. The third-order valence-corrected chi connectivity index (χ3v) is 4.45. The molecule has 1 heterocycles. The molecule has 0 saturated carbocycles. The third-order valence-electron chi connectivity index (χ3n) is 2.64. The van der Waals surface area contributed by atoms with Crippen molar-refractivity contribution in [1.82, 2.24) is 9.78 Å². The zero-order valence-electron chi connectivity index (χ0n) is 10.3. The maximum absolute atomic E-state index is 11.6. The molecule has 0 amide bonds. The van der Waals surface area contributed by atoms with Crippen molar-refractivity contribution in [3.05, 3.63) is 45.6 Å².